The lowest BCUT2D eigenvalue weighted by Crippen LogP contribution is -2.37. The molecule has 118 valence electrons. The van der Waals surface area contributed by atoms with Crippen LogP contribution in [-0.2, 0) is 17.9 Å². The van der Waals surface area contributed by atoms with E-state index in [1.807, 2.05) is 9.58 Å². The molecule has 1 N–H and O–H groups in total. The van der Waals surface area contributed by atoms with Gasteiger partial charge in [0.1, 0.15) is 12.2 Å². The Hall–Kier alpha value is -1.43. The molecular formula is C15H27N5O. The molecule has 0 spiro atoms. The third-order valence-corrected chi connectivity index (χ3v) is 3.74. The maximum absolute atomic E-state index is 12.0. The van der Waals surface area contributed by atoms with Crippen LogP contribution in [0.25, 0.3) is 0 Å². The van der Waals surface area contributed by atoms with Crippen molar-refractivity contribution in [3.05, 3.63) is 12.2 Å². The highest BCUT2D eigenvalue weighted by molar-refractivity contribution is 5.76. The van der Waals surface area contributed by atoms with Crippen LogP contribution in [0.2, 0.25) is 0 Å². The molecule has 1 fully saturated rings. The standard InChI is InChI=1S/C15H27N5O/c1-13(2)11-20-14(17-12-18-20)10-16-7-6-15(21)19-8-4-3-5-9-19/h12-13,16H,3-11H2,1-2H3. The van der Waals surface area contributed by atoms with Gasteiger partial charge in [0.2, 0.25) is 5.91 Å². The number of nitrogens with zero attached hydrogens (tertiary/aromatic N) is 4. The Kier molecular flexibility index (Phi) is 6.17. The quantitative estimate of drug-likeness (QED) is 0.772. The van der Waals surface area contributed by atoms with Crippen LogP contribution in [0.5, 0.6) is 0 Å². The normalized spacial score (nSPS) is 15.7. The van der Waals surface area contributed by atoms with Crippen LogP contribution in [0.4, 0.5) is 0 Å². The van der Waals surface area contributed by atoms with Crippen molar-refractivity contribution in [1.82, 2.24) is 25.0 Å². The number of aromatic nitrogens is 3. The molecule has 0 aliphatic carbocycles. The molecule has 2 heterocycles. The number of likely N-dealkylation sites (tertiary alicyclic amines) is 1. The summed E-state index contributed by atoms with van der Waals surface area (Å²) in [5.74, 6) is 1.76. The molecule has 1 saturated heterocycles. The topological polar surface area (TPSA) is 63.1 Å². The maximum Gasteiger partial charge on any atom is 0.223 e. The van der Waals surface area contributed by atoms with Crippen LogP contribution < -0.4 is 5.32 Å². The largest absolute Gasteiger partial charge is 0.343 e. The number of rotatable bonds is 7. The monoisotopic (exact) mass is 293 g/mol. The smallest absolute Gasteiger partial charge is 0.223 e. The van der Waals surface area contributed by atoms with Gasteiger partial charge in [-0.2, -0.15) is 5.10 Å². The van der Waals surface area contributed by atoms with Gasteiger partial charge in [0.05, 0.1) is 6.54 Å². The first-order valence-corrected chi connectivity index (χ1v) is 8.02. The molecule has 2 rings (SSSR count). The fourth-order valence-electron chi connectivity index (χ4n) is 2.62. The Bertz CT molecular complexity index is 437. The fraction of sp³-hybridized carbons (Fsp3) is 0.800. The highest BCUT2D eigenvalue weighted by Gasteiger charge is 2.15. The Morgan fingerprint density at radius 1 is 1.33 bits per heavy atom. The lowest BCUT2D eigenvalue weighted by molar-refractivity contribution is -0.131. The maximum atomic E-state index is 12.0. The summed E-state index contributed by atoms with van der Waals surface area (Å²) in [6, 6.07) is 0. The number of carbonyl (C=O) groups is 1. The molecule has 0 saturated carbocycles. The van der Waals surface area contributed by atoms with E-state index in [2.05, 4.69) is 29.2 Å². The van der Waals surface area contributed by atoms with Gasteiger partial charge in [-0.05, 0) is 25.2 Å². The molecule has 6 nitrogen and oxygen atoms in total. The predicted octanol–water partition coefficient (Wildman–Crippen LogP) is 1.43. The van der Waals surface area contributed by atoms with Crippen molar-refractivity contribution < 1.29 is 4.79 Å². The van der Waals surface area contributed by atoms with E-state index in [-0.39, 0.29) is 5.91 Å². The number of hydrogen-bond acceptors (Lipinski definition) is 4. The Morgan fingerprint density at radius 2 is 2.10 bits per heavy atom. The average Bonchev–Trinajstić information content (AvgIpc) is 2.91. The molecule has 0 unspecified atom stereocenters. The Balaban J connectivity index is 1.67. The summed E-state index contributed by atoms with van der Waals surface area (Å²) in [5.41, 5.74) is 0. The van der Waals surface area contributed by atoms with Crippen molar-refractivity contribution in [3.63, 3.8) is 0 Å². The molecule has 0 atom stereocenters. The van der Waals surface area contributed by atoms with E-state index in [0.717, 1.165) is 38.3 Å². The third-order valence-electron chi connectivity index (χ3n) is 3.74. The van der Waals surface area contributed by atoms with Gasteiger partial charge in [0.15, 0.2) is 0 Å². The van der Waals surface area contributed by atoms with E-state index in [1.54, 1.807) is 6.33 Å². The minimum absolute atomic E-state index is 0.269. The SMILES string of the molecule is CC(C)Cn1ncnc1CNCCC(=O)N1CCCCC1. The minimum Gasteiger partial charge on any atom is -0.343 e. The number of amides is 1. The molecule has 0 radical (unpaired) electrons. The molecule has 21 heavy (non-hydrogen) atoms. The molecule has 1 aromatic rings. The molecule has 6 heteroatoms. The Morgan fingerprint density at radius 3 is 2.81 bits per heavy atom. The zero-order valence-electron chi connectivity index (χ0n) is 13.2. The van der Waals surface area contributed by atoms with Gasteiger partial charge >= 0.3 is 0 Å². The van der Waals surface area contributed by atoms with Crippen LogP contribution in [0.15, 0.2) is 6.33 Å². The second-order valence-electron chi connectivity index (χ2n) is 6.12. The number of piperidine rings is 1. The van der Waals surface area contributed by atoms with Crippen molar-refractivity contribution in [2.45, 2.75) is 52.6 Å². The van der Waals surface area contributed by atoms with Gasteiger partial charge in [0.25, 0.3) is 0 Å². The molecular weight excluding hydrogens is 266 g/mol. The van der Waals surface area contributed by atoms with Crippen molar-refractivity contribution in [2.75, 3.05) is 19.6 Å². The average molecular weight is 293 g/mol. The van der Waals surface area contributed by atoms with Crippen LogP contribution in [0.3, 0.4) is 0 Å². The first-order valence-electron chi connectivity index (χ1n) is 8.02. The summed E-state index contributed by atoms with van der Waals surface area (Å²) in [6.45, 7) is 8.43. The molecule has 1 aliphatic heterocycles. The van der Waals surface area contributed by atoms with Crippen LogP contribution in [0, 0.1) is 5.92 Å². The van der Waals surface area contributed by atoms with Gasteiger partial charge in [-0.3, -0.25) is 4.79 Å². The van der Waals surface area contributed by atoms with Crippen molar-refractivity contribution in [1.29, 1.82) is 0 Å². The predicted molar refractivity (Wildman–Crippen MR) is 81.6 cm³/mol. The van der Waals surface area contributed by atoms with E-state index >= 15 is 0 Å². The van der Waals surface area contributed by atoms with Gasteiger partial charge in [-0.1, -0.05) is 13.8 Å². The second kappa shape index (κ2) is 8.12. The van der Waals surface area contributed by atoms with Crippen LogP contribution in [-0.4, -0.2) is 45.2 Å². The first kappa shape index (κ1) is 15.9. The van der Waals surface area contributed by atoms with Crippen LogP contribution >= 0.6 is 0 Å². The number of carbonyl (C=O) groups excluding carboxylic acids is 1. The summed E-state index contributed by atoms with van der Waals surface area (Å²) in [4.78, 5) is 18.3. The summed E-state index contributed by atoms with van der Waals surface area (Å²) in [5, 5.41) is 7.53. The zero-order valence-corrected chi connectivity index (χ0v) is 13.2. The summed E-state index contributed by atoms with van der Waals surface area (Å²) in [7, 11) is 0. The fourth-order valence-corrected chi connectivity index (χ4v) is 2.62. The van der Waals surface area contributed by atoms with E-state index in [1.165, 1.54) is 6.42 Å². The lowest BCUT2D eigenvalue weighted by atomic mass is 10.1. The molecule has 1 aliphatic rings. The highest BCUT2D eigenvalue weighted by atomic mass is 16.2. The molecule has 1 amide bonds. The van der Waals surface area contributed by atoms with Gasteiger partial charge < -0.3 is 10.2 Å². The van der Waals surface area contributed by atoms with Gasteiger partial charge in [-0.25, -0.2) is 9.67 Å². The van der Waals surface area contributed by atoms with Gasteiger partial charge in [0, 0.05) is 32.6 Å². The van der Waals surface area contributed by atoms with Crippen molar-refractivity contribution >= 4 is 5.91 Å². The van der Waals surface area contributed by atoms with E-state index in [4.69, 9.17) is 0 Å². The molecule has 1 aromatic heterocycles. The van der Waals surface area contributed by atoms with Crippen molar-refractivity contribution in [3.8, 4) is 0 Å². The van der Waals surface area contributed by atoms with Crippen LogP contribution in [0.1, 0.15) is 45.4 Å². The minimum atomic E-state index is 0.269. The molecule has 0 bridgehead atoms. The van der Waals surface area contributed by atoms with E-state index in [0.29, 0.717) is 25.4 Å². The van der Waals surface area contributed by atoms with Crippen molar-refractivity contribution in [2.24, 2.45) is 5.92 Å². The second-order valence-corrected chi connectivity index (χ2v) is 6.12. The Labute approximate surface area is 126 Å². The highest BCUT2D eigenvalue weighted by Crippen LogP contribution is 2.09. The van der Waals surface area contributed by atoms with Gasteiger partial charge in [-0.15, -0.1) is 0 Å². The summed E-state index contributed by atoms with van der Waals surface area (Å²) in [6.07, 6.45) is 5.72. The first-order chi connectivity index (χ1) is 10.2. The van der Waals surface area contributed by atoms with E-state index in [9.17, 15) is 4.79 Å². The van der Waals surface area contributed by atoms with E-state index < -0.39 is 0 Å². The summed E-state index contributed by atoms with van der Waals surface area (Å²) < 4.78 is 1.93. The molecule has 0 aromatic carbocycles. The lowest BCUT2D eigenvalue weighted by Gasteiger charge is -2.26. The number of nitrogens with one attached hydrogen (secondary N) is 1. The summed E-state index contributed by atoms with van der Waals surface area (Å²) >= 11 is 0. The third kappa shape index (κ3) is 5.12. The zero-order chi connectivity index (χ0) is 15.1. The number of hydrogen-bond donors (Lipinski definition) is 1.